The number of amides is 6. The first-order valence-electron chi connectivity index (χ1n) is 33.5. The van der Waals surface area contributed by atoms with Gasteiger partial charge in [-0.2, -0.15) is 5.10 Å². The standard InChI is InChI=1S/C72H82N10O18S/c1-41-47(45-15-17-54(77-59(45)65(91)92)80-23-21-44-48(32-80)46(14-16-51(44)97-5)64(90)78-67-76-49-10-6-7-11-53(49)101-67)31-74-82(41)40-71-35-69(2)34-70(3,36-71)38-72(37-69,39-71)99-28-25-79(24-27-96-4)68(95)98-26-8-9-42-12-13-43(30-52-60(87)61(88)62(89)63(100-52)66(93)94)50(29-42)75-55(83)20-22-73-56(84)33-81-57(85)18-19-58(81)86/h6-19,29,31,52,60-63,87-89H,20-28,30,32-40H2,1-5H3,(H,73,84)(H,75,83)(H,91,92)(H,93,94)(H,76,78,90)/b9-8+/t52-,60-,61+,62-,63-,69?,70?,71?,72?/m0/s1. The van der Waals surface area contributed by atoms with Crippen molar-refractivity contribution in [3.05, 3.63) is 130 Å². The number of aliphatic hydroxyl groups excluding tert-OH is 3. The summed E-state index contributed by atoms with van der Waals surface area (Å²) in [7, 11) is 3.13. The molecule has 6 heterocycles. The smallest absolute Gasteiger partial charge is 0.410 e. The Bertz CT molecular complexity index is 4230. The number of methoxy groups -OCH3 is 2. The van der Waals surface area contributed by atoms with Gasteiger partial charge in [-0.15, -0.1) is 0 Å². The Morgan fingerprint density at radius 2 is 1.57 bits per heavy atom. The minimum atomic E-state index is -1.92. The van der Waals surface area contributed by atoms with E-state index in [9.17, 15) is 63.9 Å². The average molecular weight is 1410 g/mol. The van der Waals surface area contributed by atoms with Crippen molar-refractivity contribution in [2.45, 2.75) is 128 Å². The fraction of sp³-hybridized carbons (Fsp3) is 0.458. The van der Waals surface area contributed by atoms with Crippen LogP contribution in [-0.4, -0.2) is 206 Å². The van der Waals surface area contributed by atoms with E-state index in [4.69, 9.17) is 33.8 Å². The van der Waals surface area contributed by atoms with Crippen LogP contribution in [0.25, 0.3) is 27.4 Å². The lowest BCUT2D eigenvalue weighted by molar-refractivity contribution is -0.248. The number of nitrogens with one attached hydrogen (secondary N) is 3. The first kappa shape index (κ1) is 71.3. The van der Waals surface area contributed by atoms with Crippen LogP contribution in [0, 0.1) is 23.2 Å². The highest BCUT2D eigenvalue weighted by Crippen LogP contribution is 2.72. The van der Waals surface area contributed by atoms with E-state index < -0.39 is 84.3 Å². The zero-order chi connectivity index (χ0) is 71.7. The summed E-state index contributed by atoms with van der Waals surface area (Å²) < 4.78 is 32.5. The van der Waals surface area contributed by atoms with Crippen LogP contribution in [0.4, 0.5) is 21.4 Å². The SMILES string of the molecule is COCCN(CCOC12CC3(C)CC(C)(CC(Cn4ncc(-c5ccc(N6CCc7c(OC)ccc(C(=O)Nc8nc9ccccc9s8)c7C6)nc5C(=O)O)c4C)(C3)C1)C2)C(=O)OC/C=C/c1ccc(C[C@@H]2O[C@H](C(=O)O)[C@@H](O)[C@H](O)[C@H]2O)c(NC(=O)CCNC(=O)CN2C(=O)C=CC2=O)c1. The molecule has 6 aromatic rings. The van der Waals surface area contributed by atoms with Crippen molar-refractivity contribution < 1.29 is 87.6 Å². The van der Waals surface area contributed by atoms with Crippen LogP contribution in [-0.2, 0) is 68.9 Å². The number of pyridine rings is 1. The van der Waals surface area contributed by atoms with Crippen molar-refractivity contribution in [3.8, 4) is 16.9 Å². The summed E-state index contributed by atoms with van der Waals surface area (Å²) in [5.41, 5.74) is 4.87. The molecule has 1 saturated heterocycles. The summed E-state index contributed by atoms with van der Waals surface area (Å²) in [5.74, 6) is -4.51. The normalized spacial score (nSPS) is 25.0. The predicted molar refractivity (Wildman–Crippen MR) is 368 cm³/mol. The molecular weight excluding hydrogens is 1320 g/mol. The molecule has 29 heteroatoms. The maximum absolute atomic E-state index is 14.0. The van der Waals surface area contributed by atoms with Gasteiger partial charge in [0.2, 0.25) is 11.8 Å². The summed E-state index contributed by atoms with van der Waals surface area (Å²) in [4.78, 5) is 116. The Labute approximate surface area is 585 Å². The van der Waals surface area contributed by atoms with Crippen LogP contribution < -0.4 is 25.6 Å². The third kappa shape index (κ3) is 15.4. The number of aromatic carboxylic acids is 1. The number of para-hydroxylation sites is 1. The summed E-state index contributed by atoms with van der Waals surface area (Å²) in [6.45, 7) is 7.94. The number of carboxylic acids is 2. The second-order valence-electron chi connectivity index (χ2n) is 28.0. The van der Waals surface area contributed by atoms with Crippen LogP contribution in [0.3, 0.4) is 0 Å². The Morgan fingerprint density at radius 1 is 0.822 bits per heavy atom. The number of aromatic nitrogens is 4. The number of carboxylic acid groups (broad SMARTS) is 2. The molecule has 4 saturated carbocycles. The fourth-order valence-electron chi connectivity index (χ4n) is 16.8. The van der Waals surface area contributed by atoms with Crippen LogP contribution in [0.15, 0.2) is 91.2 Å². The van der Waals surface area contributed by atoms with Gasteiger partial charge >= 0.3 is 18.0 Å². The number of carbonyl (C=O) groups is 8. The number of anilines is 3. The van der Waals surface area contributed by atoms with Crippen LogP contribution in [0.2, 0.25) is 0 Å². The highest BCUT2D eigenvalue weighted by Gasteiger charge is 2.66. The molecule has 0 radical (unpaired) electrons. The van der Waals surface area contributed by atoms with E-state index in [0.717, 1.165) is 82.6 Å². The zero-order valence-corrected chi connectivity index (χ0v) is 57.5. The molecule has 13 rings (SSSR count). The van der Waals surface area contributed by atoms with Gasteiger partial charge in [0.05, 0.1) is 48.4 Å². The van der Waals surface area contributed by atoms with Crippen molar-refractivity contribution in [1.29, 1.82) is 0 Å². The number of aliphatic carboxylic acids is 1. The first-order chi connectivity index (χ1) is 48.3. The minimum Gasteiger partial charge on any atom is -0.496 e. The summed E-state index contributed by atoms with van der Waals surface area (Å²) in [6, 6.07) is 19.6. The molecule has 6 amide bonds. The van der Waals surface area contributed by atoms with Gasteiger partial charge in [0.25, 0.3) is 17.7 Å². The molecular formula is C72H82N10O18S. The number of carbonyl (C=O) groups excluding carboxylic acids is 6. The first-order valence-corrected chi connectivity index (χ1v) is 34.3. The molecule has 3 aromatic heterocycles. The minimum absolute atomic E-state index is 0.0523. The van der Waals surface area contributed by atoms with E-state index in [0.29, 0.717) is 64.0 Å². The Balaban J connectivity index is 0.687. The summed E-state index contributed by atoms with van der Waals surface area (Å²) in [5, 5.41) is 65.8. The summed E-state index contributed by atoms with van der Waals surface area (Å²) >= 11 is 1.39. The molecule has 28 nitrogen and oxygen atoms in total. The Kier molecular flexibility index (Phi) is 20.6. The van der Waals surface area contributed by atoms with Gasteiger partial charge in [0.1, 0.15) is 43.0 Å². The lowest BCUT2D eigenvalue weighted by Gasteiger charge is -2.69. The van der Waals surface area contributed by atoms with Crippen molar-refractivity contribution >= 4 is 91.8 Å². The van der Waals surface area contributed by atoms with Gasteiger partial charge < -0.3 is 69.7 Å². The number of thiazole rings is 1. The molecule has 4 bridgehead atoms. The van der Waals surface area contributed by atoms with E-state index in [2.05, 4.69) is 34.8 Å². The fourth-order valence-corrected chi connectivity index (χ4v) is 17.6. The lowest BCUT2D eigenvalue weighted by atomic mass is 9.39. The number of rotatable bonds is 27. The van der Waals surface area contributed by atoms with Crippen LogP contribution in [0.5, 0.6) is 5.75 Å². The molecule has 2 unspecified atom stereocenters. The topological polar surface area (TPSA) is 373 Å². The quantitative estimate of drug-likeness (QED) is 0.0267. The van der Waals surface area contributed by atoms with E-state index in [-0.39, 0.29) is 92.4 Å². The van der Waals surface area contributed by atoms with E-state index in [1.54, 1.807) is 61.9 Å². The number of fused-ring (bicyclic) bond motifs is 2. The molecule has 3 aromatic carbocycles. The third-order valence-corrected chi connectivity index (χ3v) is 21.1. The maximum Gasteiger partial charge on any atom is 0.410 e. The largest absolute Gasteiger partial charge is 0.496 e. The lowest BCUT2D eigenvalue weighted by Crippen LogP contribution is -2.64. The molecule has 7 aliphatic rings. The van der Waals surface area contributed by atoms with Crippen LogP contribution in [0.1, 0.15) is 108 Å². The molecule has 0 spiro atoms. The van der Waals surface area contributed by atoms with Crippen molar-refractivity contribution in [1.82, 2.24) is 34.9 Å². The van der Waals surface area contributed by atoms with Crippen molar-refractivity contribution in [2.75, 3.05) is 82.3 Å². The monoisotopic (exact) mass is 1410 g/mol. The maximum atomic E-state index is 14.0. The number of hydrogen-bond acceptors (Lipinski definition) is 21. The molecule has 8 N–H and O–H groups in total. The highest BCUT2D eigenvalue weighted by atomic mass is 32.1. The van der Waals surface area contributed by atoms with Gasteiger partial charge in [-0.1, -0.05) is 55.5 Å². The molecule has 4 aliphatic carbocycles. The average Bonchev–Trinajstić information content (AvgIpc) is 1.07. The van der Waals surface area contributed by atoms with Gasteiger partial charge in [-0.25, -0.2) is 24.4 Å². The number of benzene rings is 3. The van der Waals surface area contributed by atoms with E-state index in [1.807, 2.05) is 46.8 Å². The second kappa shape index (κ2) is 29.2. The number of nitrogens with zero attached hydrogens (tertiary/aromatic N) is 7. The van der Waals surface area contributed by atoms with Crippen LogP contribution >= 0.6 is 11.3 Å². The number of hydrogen-bond donors (Lipinski definition) is 8. The van der Waals surface area contributed by atoms with Crippen molar-refractivity contribution in [3.63, 3.8) is 0 Å². The predicted octanol–water partition coefficient (Wildman–Crippen LogP) is 6.17. The molecule has 7 atom stereocenters. The Hall–Kier alpha value is -9.49. The van der Waals surface area contributed by atoms with E-state index >= 15 is 0 Å². The van der Waals surface area contributed by atoms with Crippen molar-refractivity contribution in [2.24, 2.45) is 16.2 Å². The van der Waals surface area contributed by atoms with Gasteiger partial charge in [0.15, 0.2) is 16.9 Å². The van der Waals surface area contributed by atoms with Gasteiger partial charge in [0, 0.05) is 105 Å². The number of ether oxygens (including phenoxy) is 5. The summed E-state index contributed by atoms with van der Waals surface area (Å²) in [6.07, 6.45) is 3.12. The zero-order valence-electron chi connectivity index (χ0n) is 56.6. The second-order valence-corrected chi connectivity index (χ2v) is 29.0. The molecule has 5 fully saturated rings. The number of imide groups is 1. The van der Waals surface area contributed by atoms with Gasteiger partial charge in [-0.3, -0.25) is 38.9 Å². The highest BCUT2D eigenvalue weighted by molar-refractivity contribution is 7.22. The molecule has 101 heavy (non-hydrogen) atoms. The third-order valence-electron chi connectivity index (χ3n) is 20.2. The number of aliphatic hydroxyl groups is 3. The molecule has 534 valence electrons. The van der Waals surface area contributed by atoms with Gasteiger partial charge in [-0.05, 0) is 133 Å². The molecule has 3 aliphatic heterocycles. The Morgan fingerprint density at radius 3 is 2.30 bits per heavy atom. The van der Waals surface area contributed by atoms with E-state index in [1.165, 1.54) is 23.3 Å².